The second kappa shape index (κ2) is 5.37. The van der Waals surface area contributed by atoms with E-state index in [9.17, 15) is 0 Å². The van der Waals surface area contributed by atoms with Crippen molar-refractivity contribution >= 4 is 22.1 Å². The second-order valence-corrected chi connectivity index (χ2v) is 7.28. The zero-order chi connectivity index (χ0) is 14.2. The molecule has 0 amide bonds. The van der Waals surface area contributed by atoms with Crippen LogP contribution in [0.25, 0.3) is 4.96 Å². The zero-order valence-electron chi connectivity index (χ0n) is 12.6. The molecule has 1 N–H and O–H groups in total. The lowest BCUT2D eigenvalue weighted by atomic mass is 9.84. The summed E-state index contributed by atoms with van der Waals surface area (Å²) in [5.74, 6) is 1.19. The fourth-order valence-corrected chi connectivity index (χ4v) is 3.81. The van der Waals surface area contributed by atoms with Crippen molar-refractivity contribution in [2.24, 2.45) is 5.41 Å². The van der Waals surface area contributed by atoms with Gasteiger partial charge in [-0.05, 0) is 24.8 Å². The molecule has 1 saturated heterocycles. The van der Waals surface area contributed by atoms with E-state index in [-0.39, 0.29) is 0 Å². The van der Waals surface area contributed by atoms with Gasteiger partial charge in [0.1, 0.15) is 0 Å². The van der Waals surface area contributed by atoms with Crippen molar-refractivity contribution in [2.75, 3.05) is 24.5 Å². The lowest BCUT2D eigenvalue weighted by Gasteiger charge is -2.38. The Labute approximate surface area is 124 Å². The number of hydrogen-bond donors (Lipinski definition) is 1. The molecule has 1 aliphatic rings. The van der Waals surface area contributed by atoms with Crippen LogP contribution in [0.2, 0.25) is 0 Å². The van der Waals surface area contributed by atoms with Gasteiger partial charge in [-0.2, -0.15) is 0 Å². The first kappa shape index (κ1) is 13.9. The van der Waals surface area contributed by atoms with Crippen LogP contribution in [0.4, 0.5) is 5.82 Å². The highest BCUT2D eigenvalue weighted by Crippen LogP contribution is 2.33. The Morgan fingerprint density at radius 3 is 3.05 bits per heavy atom. The van der Waals surface area contributed by atoms with Gasteiger partial charge in [0.15, 0.2) is 10.8 Å². The van der Waals surface area contributed by atoms with Gasteiger partial charge in [0.2, 0.25) is 0 Å². The lowest BCUT2D eigenvalue weighted by molar-refractivity contribution is 0.292. The normalized spacial score (nSPS) is 18.9. The highest BCUT2D eigenvalue weighted by Gasteiger charge is 2.29. The van der Waals surface area contributed by atoms with Crippen molar-refractivity contribution < 1.29 is 0 Å². The van der Waals surface area contributed by atoms with Crippen molar-refractivity contribution in [2.45, 2.75) is 40.2 Å². The smallest absolute Gasteiger partial charge is 0.195 e. The molecule has 0 aromatic carbocycles. The molecule has 2 aromatic heterocycles. The quantitative estimate of drug-likeness (QED) is 0.939. The number of thiazole rings is 1. The third-order valence-electron chi connectivity index (χ3n) is 4.08. The highest BCUT2D eigenvalue weighted by molar-refractivity contribution is 7.15. The Bertz CT molecular complexity index is 584. The summed E-state index contributed by atoms with van der Waals surface area (Å²) in [5.41, 5.74) is 1.70. The van der Waals surface area contributed by atoms with Gasteiger partial charge in [0, 0.05) is 31.2 Å². The van der Waals surface area contributed by atoms with Crippen LogP contribution in [0.1, 0.15) is 39.3 Å². The zero-order valence-corrected chi connectivity index (χ0v) is 13.5. The molecule has 5 heteroatoms. The summed E-state index contributed by atoms with van der Waals surface area (Å²) in [6.45, 7) is 11.0. The predicted molar refractivity (Wildman–Crippen MR) is 85.7 cm³/mol. The van der Waals surface area contributed by atoms with Gasteiger partial charge in [-0.15, -0.1) is 11.3 Å². The predicted octanol–water partition coefficient (Wildman–Crippen LogP) is 3.13. The van der Waals surface area contributed by atoms with E-state index >= 15 is 0 Å². The number of nitrogens with one attached hydrogen (secondary N) is 1. The van der Waals surface area contributed by atoms with E-state index in [2.05, 4.69) is 47.0 Å². The molecule has 3 rings (SSSR count). The van der Waals surface area contributed by atoms with Crippen molar-refractivity contribution in [3.05, 3.63) is 17.3 Å². The molecule has 2 aromatic rings. The molecule has 0 radical (unpaired) electrons. The Morgan fingerprint density at radius 2 is 2.30 bits per heavy atom. The summed E-state index contributed by atoms with van der Waals surface area (Å²) < 4.78 is 2.24. The summed E-state index contributed by atoms with van der Waals surface area (Å²) in [6, 6.07) is 0. The summed E-state index contributed by atoms with van der Waals surface area (Å²) in [5, 5.41) is 5.56. The number of aromatic nitrogens is 2. The number of imidazole rings is 1. The molecule has 0 unspecified atom stereocenters. The van der Waals surface area contributed by atoms with Gasteiger partial charge in [0.25, 0.3) is 0 Å². The Kier molecular flexibility index (Phi) is 3.73. The molecule has 0 atom stereocenters. The van der Waals surface area contributed by atoms with Crippen LogP contribution >= 0.6 is 11.3 Å². The summed E-state index contributed by atoms with van der Waals surface area (Å²) in [6.07, 6.45) is 4.71. The maximum atomic E-state index is 4.88. The first-order valence-electron chi connectivity index (χ1n) is 7.51. The van der Waals surface area contributed by atoms with Crippen LogP contribution < -0.4 is 10.2 Å². The van der Waals surface area contributed by atoms with Gasteiger partial charge in [-0.3, -0.25) is 4.40 Å². The van der Waals surface area contributed by atoms with E-state index < -0.39 is 0 Å². The molecule has 4 nitrogen and oxygen atoms in total. The maximum absolute atomic E-state index is 4.88. The van der Waals surface area contributed by atoms with E-state index in [1.807, 2.05) is 0 Å². The van der Waals surface area contributed by atoms with E-state index in [0.29, 0.717) is 5.41 Å². The molecule has 3 heterocycles. The van der Waals surface area contributed by atoms with E-state index in [1.54, 1.807) is 11.3 Å². The van der Waals surface area contributed by atoms with Gasteiger partial charge in [0.05, 0.1) is 5.69 Å². The van der Waals surface area contributed by atoms with Crippen LogP contribution in [-0.4, -0.2) is 29.0 Å². The molecule has 0 aliphatic carbocycles. The molecule has 1 fully saturated rings. The summed E-state index contributed by atoms with van der Waals surface area (Å²) in [7, 11) is 0. The van der Waals surface area contributed by atoms with E-state index in [1.165, 1.54) is 24.4 Å². The van der Waals surface area contributed by atoms with E-state index in [0.717, 1.165) is 31.1 Å². The number of fused-ring (bicyclic) bond motifs is 1. The molecular weight excluding hydrogens is 268 g/mol. The minimum atomic E-state index is 0.394. The third-order valence-corrected chi connectivity index (χ3v) is 4.84. The summed E-state index contributed by atoms with van der Waals surface area (Å²) in [4.78, 5) is 8.47. The molecule has 0 bridgehead atoms. The van der Waals surface area contributed by atoms with Gasteiger partial charge in [-0.25, -0.2) is 4.98 Å². The van der Waals surface area contributed by atoms with Crippen LogP contribution in [0.15, 0.2) is 11.6 Å². The van der Waals surface area contributed by atoms with Gasteiger partial charge >= 0.3 is 0 Å². The highest BCUT2D eigenvalue weighted by atomic mass is 32.1. The van der Waals surface area contributed by atoms with Crippen molar-refractivity contribution in [3.63, 3.8) is 0 Å². The second-order valence-electron chi connectivity index (χ2n) is 6.41. The number of anilines is 1. The Balaban J connectivity index is 1.95. The number of nitrogens with zero attached hydrogens (tertiary/aromatic N) is 3. The number of piperidine rings is 1. The van der Waals surface area contributed by atoms with Crippen molar-refractivity contribution in [1.82, 2.24) is 14.7 Å². The largest absolute Gasteiger partial charge is 0.354 e. The molecule has 0 spiro atoms. The van der Waals surface area contributed by atoms with Crippen molar-refractivity contribution in [3.8, 4) is 0 Å². The first-order chi connectivity index (χ1) is 9.61. The van der Waals surface area contributed by atoms with Crippen molar-refractivity contribution in [1.29, 1.82) is 0 Å². The van der Waals surface area contributed by atoms with Crippen LogP contribution in [0.3, 0.4) is 0 Å². The minimum Gasteiger partial charge on any atom is -0.354 e. The SMILES string of the molecule is CCNCc1c(N2CCCC(C)(C)C2)nc2sccn12. The van der Waals surface area contributed by atoms with Crippen LogP contribution in [0, 0.1) is 5.41 Å². The average Bonchev–Trinajstić information content (AvgIpc) is 2.96. The Morgan fingerprint density at radius 1 is 1.45 bits per heavy atom. The fourth-order valence-electron chi connectivity index (χ4n) is 3.09. The molecular formula is C15H24N4S. The molecule has 110 valence electrons. The average molecular weight is 292 g/mol. The topological polar surface area (TPSA) is 32.6 Å². The van der Waals surface area contributed by atoms with Crippen LogP contribution in [-0.2, 0) is 6.54 Å². The standard InChI is InChI=1S/C15H24N4S/c1-4-16-10-12-13(17-14-19(12)8-9-20-14)18-7-5-6-15(2,3)11-18/h8-9,16H,4-7,10-11H2,1-3H3. The van der Waals surface area contributed by atoms with Gasteiger partial charge < -0.3 is 10.2 Å². The van der Waals surface area contributed by atoms with Gasteiger partial charge in [-0.1, -0.05) is 20.8 Å². The van der Waals surface area contributed by atoms with Crippen LogP contribution in [0.5, 0.6) is 0 Å². The lowest BCUT2D eigenvalue weighted by Crippen LogP contribution is -2.41. The monoisotopic (exact) mass is 292 g/mol. The first-order valence-corrected chi connectivity index (χ1v) is 8.39. The fraction of sp³-hybridized carbons (Fsp3) is 0.667. The Hall–Kier alpha value is -1.07. The number of hydrogen-bond acceptors (Lipinski definition) is 4. The number of rotatable bonds is 4. The summed E-state index contributed by atoms with van der Waals surface area (Å²) >= 11 is 1.72. The molecule has 1 aliphatic heterocycles. The molecule has 0 saturated carbocycles. The maximum Gasteiger partial charge on any atom is 0.195 e. The van der Waals surface area contributed by atoms with E-state index in [4.69, 9.17) is 4.98 Å². The third kappa shape index (κ3) is 2.56. The molecule has 20 heavy (non-hydrogen) atoms. The minimum absolute atomic E-state index is 0.394.